The molecule has 0 atom stereocenters. The fourth-order valence-electron chi connectivity index (χ4n) is 7.86. The summed E-state index contributed by atoms with van der Waals surface area (Å²) in [5, 5.41) is 23.7. The maximum absolute atomic E-state index is 9.28. The highest BCUT2D eigenvalue weighted by molar-refractivity contribution is 5.86. The van der Waals surface area contributed by atoms with E-state index >= 15 is 0 Å². The first kappa shape index (κ1) is 62.2. The van der Waals surface area contributed by atoms with E-state index in [9.17, 15) is 19.8 Å². The molecule has 0 aliphatic rings. The predicted octanol–water partition coefficient (Wildman–Crippen LogP) is 12.4. The van der Waals surface area contributed by atoms with Gasteiger partial charge in [0.05, 0.1) is 26.2 Å². The zero-order valence-corrected chi connectivity index (χ0v) is 41.0. The number of carbonyl (C=O) groups excluding carboxylic acids is 2. The monoisotopic (exact) mass is 839 g/mol. The average molecular weight is 839 g/mol. The van der Waals surface area contributed by atoms with Gasteiger partial charge >= 0.3 is 0 Å². The lowest BCUT2D eigenvalue weighted by molar-refractivity contribution is -0.655. The molecule has 0 radical (unpaired) electrons. The van der Waals surface area contributed by atoms with Crippen molar-refractivity contribution in [3.63, 3.8) is 0 Å². The molecule has 0 aromatic heterocycles. The van der Waals surface area contributed by atoms with Gasteiger partial charge in [0.25, 0.3) is 0 Å². The smallest absolute Gasteiger partial charge is 0.0755 e. The van der Waals surface area contributed by atoms with Crippen molar-refractivity contribution < 1.29 is 30.4 Å². The Morgan fingerprint density at radius 3 is 0.508 bits per heavy atom. The molecule has 0 saturated heterocycles. The van der Waals surface area contributed by atoms with Gasteiger partial charge in [-0.05, 0) is 51.4 Å². The number of quaternary nitrogens is 2. The van der Waals surface area contributed by atoms with Crippen LogP contribution in [0, 0.1) is 0 Å². The Morgan fingerprint density at radius 2 is 0.390 bits per heavy atom. The first-order chi connectivity index (χ1) is 29.0. The summed E-state index contributed by atoms with van der Waals surface area (Å²) in [7, 11) is 0. The molecule has 0 amide bonds. The van der Waals surface area contributed by atoms with Crippen LogP contribution in [0.4, 0.5) is 0 Å². The van der Waals surface area contributed by atoms with Crippen LogP contribution in [0.2, 0.25) is 0 Å². The molecule has 6 heteroatoms. The first-order valence-corrected chi connectivity index (χ1v) is 27.0. The van der Waals surface area contributed by atoms with Crippen molar-refractivity contribution in [2.75, 3.05) is 26.2 Å². The van der Waals surface area contributed by atoms with Crippen molar-refractivity contribution in [3.8, 4) is 0 Å². The third-order valence-electron chi connectivity index (χ3n) is 11.8. The quantitative estimate of drug-likeness (QED) is 0.0469. The highest BCUT2D eigenvalue weighted by Gasteiger charge is 1.98. The van der Waals surface area contributed by atoms with Crippen molar-refractivity contribution in [1.29, 1.82) is 0 Å². The topological polar surface area (TPSA) is 113 Å². The fourth-order valence-corrected chi connectivity index (χ4v) is 7.86. The Hall–Kier alpha value is -1.14. The number of nitrogens with two attached hydrogens (primary N) is 2. The number of carboxylic acid groups (broad SMARTS) is 2. The minimum atomic E-state index is -1.63. The van der Waals surface area contributed by atoms with E-state index in [1.165, 1.54) is 296 Å². The summed E-state index contributed by atoms with van der Waals surface area (Å²) in [5.74, 6) is -3.25. The maximum Gasteiger partial charge on any atom is 0.0755 e. The van der Waals surface area contributed by atoms with Crippen molar-refractivity contribution in [2.24, 2.45) is 0 Å². The van der Waals surface area contributed by atoms with Crippen LogP contribution in [0.1, 0.15) is 304 Å². The van der Waals surface area contributed by atoms with E-state index in [1.54, 1.807) is 0 Å². The van der Waals surface area contributed by atoms with E-state index in [-0.39, 0.29) is 0 Å². The van der Waals surface area contributed by atoms with Crippen LogP contribution in [0.15, 0.2) is 0 Å². The van der Waals surface area contributed by atoms with Crippen LogP contribution in [0.3, 0.4) is 0 Å². The molecule has 0 fully saturated rings. The maximum atomic E-state index is 9.28. The molecule has 0 spiro atoms. The molecule has 0 heterocycles. The Bertz CT molecular complexity index is 641. The summed E-state index contributed by atoms with van der Waals surface area (Å²) in [4.78, 5) is 18.6. The molecule has 0 rings (SSSR count). The Balaban J connectivity index is -0.000000913. The number of rotatable bonds is 48. The number of hydrogen-bond acceptors (Lipinski definition) is 4. The van der Waals surface area contributed by atoms with Gasteiger partial charge < -0.3 is 30.4 Å². The normalized spacial score (nSPS) is 10.9. The summed E-state index contributed by atoms with van der Waals surface area (Å²) >= 11 is 0. The van der Waals surface area contributed by atoms with Crippen LogP contribution in [0.25, 0.3) is 0 Å². The number of aliphatic carboxylic acids is 2. The lowest BCUT2D eigenvalue weighted by atomic mass is 10.1. The minimum Gasteiger partial charge on any atom is -0.550 e. The minimum absolute atomic E-state index is 1.03. The molecule has 0 unspecified atom stereocenters. The molecule has 0 aliphatic carbocycles. The van der Waals surface area contributed by atoms with Gasteiger partial charge in [0, 0.05) is 18.4 Å². The molecular weight excluding hydrogens is 729 g/mol. The van der Waals surface area contributed by atoms with E-state index < -0.39 is 18.4 Å². The van der Waals surface area contributed by atoms with Crippen molar-refractivity contribution in [3.05, 3.63) is 0 Å². The SMILES string of the molecule is CCCCCCCCCCCCCC[NH2+]CCCCCCCCCCC.CCCCCCCCCCCCCC[NH2+]CCCCCCCCCCC.O=C([O-])CC(=O)[O-]. The van der Waals surface area contributed by atoms with E-state index in [1.807, 2.05) is 0 Å². The molecule has 0 aromatic carbocycles. The highest BCUT2D eigenvalue weighted by Crippen LogP contribution is 2.14. The van der Waals surface area contributed by atoms with Gasteiger partial charge in [0.2, 0.25) is 0 Å². The second-order valence-electron chi connectivity index (χ2n) is 18.1. The van der Waals surface area contributed by atoms with Gasteiger partial charge in [-0.15, -0.1) is 0 Å². The second kappa shape index (κ2) is 61.2. The summed E-state index contributed by atoms with van der Waals surface area (Å²) in [5.41, 5.74) is 0. The number of carboxylic acids is 2. The van der Waals surface area contributed by atoms with Gasteiger partial charge in [-0.3, -0.25) is 0 Å². The summed E-state index contributed by atoms with van der Waals surface area (Å²) in [6, 6.07) is 0. The second-order valence-corrected chi connectivity index (χ2v) is 18.1. The lowest BCUT2D eigenvalue weighted by Gasteiger charge is -2.04. The molecule has 59 heavy (non-hydrogen) atoms. The van der Waals surface area contributed by atoms with Gasteiger partial charge in [-0.25, -0.2) is 0 Å². The Morgan fingerprint density at radius 1 is 0.254 bits per heavy atom. The molecule has 6 nitrogen and oxygen atoms in total. The standard InChI is InChI=1S/2C25H53N.C3H4O4/c2*1-3-5-7-9-11-13-14-15-17-19-21-23-25-26-24-22-20-18-16-12-10-8-6-4-2;4-2(5)1-3(6)7/h2*26H,3-25H2,1-2H3;1H2,(H,4,5)(H,6,7). The van der Waals surface area contributed by atoms with Gasteiger partial charge in [0.1, 0.15) is 0 Å². The van der Waals surface area contributed by atoms with E-state index in [0.717, 1.165) is 0 Å². The van der Waals surface area contributed by atoms with Crippen LogP contribution in [-0.2, 0) is 9.59 Å². The summed E-state index contributed by atoms with van der Waals surface area (Å²) < 4.78 is 0. The van der Waals surface area contributed by atoms with Gasteiger partial charge in [-0.2, -0.15) is 0 Å². The zero-order valence-electron chi connectivity index (χ0n) is 41.0. The molecule has 356 valence electrons. The number of hydrogen-bond donors (Lipinski definition) is 2. The summed E-state index contributed by atoms with van der Waals surface area (Å²) in [6.07, 6.45) is 60.2. The van der Waals surface area contributed by atoms with Crippen LogP contribution < -0.4 is 20.8 Å². The molecule has 0 aliphatic heterocycles. The number of carbonyl (C=O) groups is 2. The van der Waals surface area contributed by atoms with Crippen molar-refractivity contribution in [2.45, 2.75) is 304 Å². The first-order valence-electron chi connectivity index (χ1n) is 27.0. The van der Waals surface area contributed by atoms with E-state index in [0.29, 0.717) is 0 Å². The summed E-state index contributed by atoms with van der Waals surface area (Å²) in [6.45, 7) is 14.7. The molecule has 0 bridgehead atoms. The Kier molecular flexibility index (Phi) is 64.4. The Labute approximate surface area is 371 Å². The average Bonchev–Trinajstić information content (AvgIpc) is 3.21. The highest BCUT2D eigenvalue weighted by atomic mass is 16.4. The molecule has 4 N–H and O–H groups in total. The predicted molar refractivity (Wildman–Crippen MR) is 255 cm³/mol. The third-order valence-corrected chi connectivity index (χ3v) is 11.8. The molecular formula is C53H110N2O4. The van der Waals surface area contributed by atoms with Crippen LogP contribution >= 0.6 is 0 Å². The number of unbranched alkanes of at least 4 members (excludes halogenated alkanes) is 38. The van der Waals surface area contributed by atoms with Crippen LogP contribution in [-0.4, -0.2) is 38.1 Å². The van der Waals surface area contributed by atoms with Gasteiger partial charge in [0.15, 0.2) is 0 Å². The van der Waals surface area contributed by atoms with E-state index in [4.69, 9.17) is 0 Å². The molecule has 0 aromatic rings. The van der Waals surface area contributed by atoms with Crippen molar-refractivity contribution in [1.82, 2.24) is 0 Å². The van der Waals surface area contributed by atoms with E-state index in [2.05, 4.69) is 38.3 Å². The molecule has 0 saturated carbocycles. The zero-order chi connectivity index (χ0) is 43.8. The van der Waals surface area contributed by atoms with Gasteiger partial charge in [-0.1, -0.05) is 246 Å². The van der Waals surface area contributed by atoms with Crippen LogP contribution in [0.5, 0.6) is 0 Å². The van der Waals surface area contributed by atoms with Crippen molar-refractivity contribution >= 4 is 11.9 Å². The largest absolute Gasteiger partial charge is 0.550 e. The third kappa shape index (κ3) is 71.7. The fraction of sp³-hybridized carbons (Fsp3) is 0.962. The lowest BCUT2D eigenvalue weighted by Crippen LogP contribution is -2.84.